The number of carbonyl (C=O) groups excluding carboxylic acids is 1. The minimum absolute atomic E-state index is 0.0301. The van der Waals surface area contributed by atoms with Gasteiger partial charge in [0.05, 0.1) is 5.92 Å². The Bertz CT molecular complexity index is 833. The zero-order valence-electron chi connectivity index (χ0n) is 15.1. The Morgan fingerprint density at radius 2 is 1.62 bits per heavy atom. The van der Waals surface area contributed by atoms with Crippen molar-refractivity contribution in [2.75, 3.05) is 5.32 Å². The average molecular weight is 366 g/mol. The number of nitrogens with one attached hydrogen (secondary N) is 1. The van der Waals surface area contributed by atoms with Gasteiger partial charge < -0.3 is 0 Å². The van der Waals surface area contributed by atoms with E-state index in [1.807, 2.05) is 55.5 Å². The highest BCUT2D eigenvalue weighted by Gasteiger charge is 2.20. The van der Waals surface area contributed by atoms with Crippen LogP contribution in [0.1, 0.15) is 48.2 Å². The van der Waals surface area contributed by atoms with Crippen molar-refractivity contribution in [3.63, 3.8) is 0 Å². The molecule has 0 aliphatic carbocycles. The van der Waals surface area contributed by atoms with Gasteiger partial charge in [-0.1, -0.05) is 85.8 Å². The number of carbonyl (C=O) groups is 1. The molecule has 134 valence electrons. The second-order valence-corrected chi connectivity index (χ2v) is 7.44. The fourth-order valence-corrected chi connectivity index (χ4v) is 3.87. The first kappa shape index (κ1) is 18.3. The number of hydrogen-bond acceptors (Lipinski definition) is 4. The molecule has 1 aromatic heterocycles. The molecule has 2 aromatic carbocycles. The van der Waals surface area contributed by atoms with Crippen LogP contribution >= 0.6 is 11.3 Å². The SMILES string of the molecule is CCC(C(=O)Nc1nnc(CC(C)c2ccccc2)s1)c1ccccc1. The van der Waals surface area contributed by atoms with Crippen molar-refractivity contribution in [3.8, 4) is 0 Å². The highest BCUT2D eigenvalue weighted by Crippen LogP contribution is 2.26. The van der Waals surface area contributed by atoms with Crippen molar-refractivity contribution in [1.29, 1.82) is 0 Å². The van der Waals surface area contributed by atoms with Crippen LogP contribution in [0, 0.1) is 0 Å². The predicted molar refractivity (Wildman–Crippen MR) is 107 cm³/mol. The molecular weight excluding hydrogens is 342 g/mol. The topological polar surface area (TPSA) is 54.9 Å². The third-order valence-corrected chi connectivity index (χ3v) is 5.33. The lowest BCUT2D eigenvalue weighted by Gasteiger charge is -2.13. The fourth-order valence-electron chi connectivity index (χ4n) is 3.00. The number of amides is 1. The number of benzene rings is 2. The molecule has 5 heteroatoms. The van der Waals surface area contributed by atoms with E-state index in [-0.39, 0.29) is 11.8 Å². The minimum atomic E-state index is -0.174. The molecule has 3 rings (SSSR count). The van der Waals surface area contributed by atoms with Gasteiger partial charge in [-0.05, 0) is 23.5 Å². The summed E-state index contributed by atoms with van der Waals surface area (Å²) < 4.78 is 0. The van der Waals surface area contributed by atoms with Crippen LogP contribution in [0.25, 0.3) is 0 Å². The standard InChI is InChI=1S/C21H23N3OS/c1-3-18(17-12-8-5-9-13-17)20(25)22-21-24-23-19(26-21)14-15(2)16-10-6-4-7-11-16/h4-13,15,18H,3,14H2,1-2H3,(H,22,24,25). The van der Waals surface area contributed by atoms with Crippen LogP contribution in [0.3, 0.4) is 0 Å². The number of rotatable bonds is 7. The summed E-state index contributed by atoms with van der Waals surface area (Å²) in [7, 11) is 0. The van der Waals surface area contributed by atoms with Crippen LogP contribution in [-0.2, 0) is 11.2 Å². The van der Waals surface area contributed by atoms with Gasteiger partial charge in [-0.3, -0.25) is 10.1 Å². The van der Waals surface area contributed by atoms with Crippen molar-refractivity contribution in [3.05, 3.63) is 76.8 Å². The zero-order chi connectivity index (χ0) is 18.4. The van der Waals surface area contributed by atoms with E-state index >= 15 is 0 Å². The fraction of sp³-hybridized carbons (Fsp3) is 0.286. The number of nitrogens with zero attached hydrogens (tertiary/aromatic N) is 2. The van der Waals surface area contributed by atoms with Gasteiger partial charge in [0.15, 0.2) is 0 Å². The Labute approximate surface area is 158 Å². The van der Waals surface area contributed by atoms with Crippen molar-refractivity contribution >= 4 is 22.4 Å². The second kappa shape index (κ2) is 8.72. The van der Waals surface area contributed by atoms with E-state index < -0.39 is 0 Å². The van der Waals surface area contributed by atoms with E-state index in [0.29, 0.717) is 11.0 Å². The van der Waals surface area contributed by atoms with Gasteiger partial charge in [0.2, 0.25) is 11.0 Å². The van der Waals surface area contributed by atoms with Gasteiger partial charge >= 0.3 is 0 Å². The normalized spacial score (nSPS) is 13.2. The van der Waals surface area contributed by atoms with E-state index in [1.165, 1.54) is 16.9 Å². The second-order valence-electron chi connectivity index (χ2n) is 6.38. The molecule has 0 fully saturated rings. The van der Waals surface area contributed by atoms with Crippen LogP contribution in [0.5, 0.6) is 0 Å². The maximum atomic E-state index is 12.6. The van der Waals surface area contributed by atoms with Crippen molar-refractivity contribution in [2.24, 2.45) is 0 Å². The maximum Gasteiger partial charge on any atom is 0.233 e. The molecule has 1 heterocycles. The highest BCUT2D eigenvalue weighted by atomic mass is 32.1. The summed E-state index contributed by atoms with van der Waals surface area (Å²) >= 11 is 1.45. The van der Waals surface area contributed by atoms with Gasteiger partial charge in [0.1, 0.15) is 5.01 Å². The largest absolute Gasteiger partial charge is 0.300 e. The zero-order valence-corrected chi connectivity index (χ0v) is 15.9. The molecule has 2 unspecified atom stereocenters. The van der Waals surface area contributed by atoms with Crippen molar-refractivity contribution in [2.45, 2.75) is 38.5 Å². The Hall–Kier alpha value is -2.53. The molecule has 0 bridgehead atoms. The first-order valence-corrected chi connectivity index (χ1v) is 9.72. The average Bonchev–Trinajstić information content (AvgIpc) is 3.10. The summed E-state index contributed by atoms with van der Waals surface area (Å²) in [6.45, 7) is 4.20. The Kier molecular flexibility index (Phi) is 6.12. The van der Waals surface area contributed by atoms with Crippen LogP contribution in [0.4, 0.5) is 5.13 Å². The first-order chi connectivity index (χ1) is 12.7. The van der Waals surface area contributed by atoms with Crippen LogP contribution in [-0.4, -0.2) is 16.1 Å². The minimum Gasteiger partial charge on any atom is -0.300 e. The van der Waals surface area contributed by atoms with Gasteiger partial charge in [0.25, 0.3) is 0 Å². The Morgan fingerprint density at radius 1 is 1.00 bits per heavy atom. The van der Waals surface area contributed by atoms with Crippen LogP contribution < -0.4 is 5.32 Å². The van der Waals surface area contributed by atoms with Gasteiger partial charge in [-0.25, -0.2) is 0 Å². The molecule has 1 amide bonds. The highest BCUT2D eigenvalue weighted by molar-refractivity contribution is 7.15. The summed E-state index contributed by atoms with van der Waals surface area (Å²) in [5.74, 6) is 0.157. The predicted octanol–water partition coefficient (Wildman–Crippen LogP) is 5.02. The molecule has 0 saturated carbocycles. The lowest BCUT2D eigenvalue weighted by atomic mass is 9.96. The summed E-state index contributed by atoms with van der Waals surface area (Å²) in [5, 5.41) is 12.8. The molecule has 2 atom stereocenters. The summed E-state index contributed by atoms with van der Waals surface area (Å²) in [4.78, 5) is 12.6. The Morgan fingerprint density at radius 3 is 2.23 bits per heavy atom. The van der Waals surface area contributed by atoms with Gasteiger partial charge in [-0.15, -0.1) is 10.2 Å². The molecule has 0 aliphatic rings. The van der Waals surface area contributed by atoms with Gasteiger partial charge in [0, 0.05) is 6.42 Å². The molecule has 4 nitrogen and oxygen atoms in total. The first-order valence-electron chi connectivity index (χ1n) is 8.90. The van der Waals surface area contributed by atoms with E-state index in [0.717, 1.165) is 23.4 Å². The maximum absolute atomic E-state index is 12.6. The number of hydrogen-bond donors (Lipinski definition) is 1. The third-order valence-electron chi connectivity index (χ3n) is 4.47. The summed E-state index contributed by atoms with van der Waals surface area (Å²) in [6, 6.07) is 20.2. The third kappa shape index (κ3) is 4.55. The smallest absolute Gasteiger partial charge is 0.233 e. The van der Waals surface area contributed by atoms with Crippen LogP contribution in [0.2, 0.25) is 0 Å². The van der Waals surface area contributed by atoms with E-state index in [9.17, 15) is 4.79 Å². The quantitative estimate of drug-likeness (QED) is 0.640. The molecule has 1 N–H and O–H groups in total. The lowest BCUT2D eigenvalue weighted by molar-refractivity contribution is -0.117. The summed E-state index contributed by atoms with van der Waals surface area (Å²) in [5.41, 5.74) is 2.30. The summed E-state index contributed by atoms with van der Waals surface area (Å²) in [6.07, 6.45) is 1.56. The Balaban J connectivity index is 1.63. The van der Waals surface area contributed by atoms with E-state index in [4.69, 9.17) is 0 Å². The monoisotopic (exact) mass is 365 g/mol. The molecular formula is C21H23N3OS. The van der Waals surface area contributed by atoms with Crippen molar-refractivity contribution in [1.82, 2.24) is 10.2 Å². The molecule has 0 spiro atoms. The lowest BCUT2D eigenvalue weighted by Crippen LogP contribution is -2.20. The molecule has 0 saturated heterocycles. The molecule has 0 aliphatic heterocycles. The molecule has 0 radical (unpaired) electrons. The van der Waals surface area contributed by atoms with E-state index in [2.05, 4.69) is 34.6 Å². The molecule has 26 heavy (non-hydrogen) atoms. The van der Waals surface area contributed by atoms with Crippen LogP contribution in [0.15, 0.2) is 60.7 Å². The molecule has 3 aromatic rings. The number of aromatic nitrogens is 2. The van der Waals surface area contributed by atoms with Crippen molar-refractivity contribution < 1.29 is 4.79 Å². The van der Waals surface area contributed by atoms with Gasteiger partial charge in [-0.2, -0.15) is 0 Å². The van der Waals surface area contributed by atoms with E-state index in [1.54, 1.807) is 0 Å². The number of anilines is 1.